The van der Waals surface area contributed by atoms with Crippen LogP contribution in [0.25, 0.3) is 28.3 Å². The number of imidazole rings is 2. The number of H-pyrrole nitrogens is 1. The van der Waals surface area contributed by atoms with Gasteiger partial charge in [-0.15, -0.1) is 0 Å². The van der Waals surface area contributed by atoms with E-state index in [-0.39, 0.29) is 17.6 Å². The molecular formula is C19H17FN6O3. The lowest BCUT2D eigenvalue weighted by Crippen LogP contribution is -2.28. The number of halogens is 1. The van der Waals surface area contributed by atoms with Crippen LogP contribution in [0.3, 0.4) is 0 Å². The Kier molecular flexibility index (Phi) is 3.93. The highest BCUT2D eigenvalue weighted by Gasteiger charge is 2.29. The van der Waals surface area contributed by atoms with Crippen LogP contribution in [0, 0.1) is 11.7 Å². The van der Waals surface area contributed by atoms with Crippen molar-refractivity contribution in [3.8, 4) is 11.5 Å². The Morgan fingerprint density at radius 2 is 1.97 bits per heavy atom. The van der Waals surface area contributed by atoms with Crippen molar-refractivity contribution in [2.45, 2.75) is 31.7 Å². The van der Waals surface area contributed by atoms with Crippen molar-refractivity contribution in [1.29, 1.82) is 0 Å². The zero-order valence-electron chi connectivity index (χ0n) is 15.2. The van der Waals surface area contributed by atoms with E-state index in [1.165, 1.54) is 18.5 Å². The third-order valence-electron chi connectivity index (χ3n) is 5.57. The van der Waals surface area contributed by atoms with E-state index in [1.54, 1.807) is 21.2 Å². The average Bonchev–Trinajstić information content (AvgIpc) is 3.27. The smallest absolute Gasteiger partial charge is 0.327 e. The number of nitrogens with zero attached hydrogens (tertiary/aromatic N) is 5. The van der Waals surface area contributed by atoms with Crippen LogP contribution in [0.2, 0.25) is 0 Å². The molecule has 0 saturated heterocycles. The third kappa shape index (κ3) is 2.87. The van der Waals surface area contributed by atoms with Gasteiger partial charge < -0.3 is 10.1 Å². The van der Waals surface area contributed by atoms with Gasteiger partial charge in [0.1, 0.15) is 22.7 Å². The maximum Gasteiger partial charge on any atom is 0.327 e. The summed E-state index contributed by atoms with van der Waals surface area (Å²) in [6.45, 7) is 0. The van der Waals surface area contributed by atoms with Crippen LogP contribution >= 0.6 is 0 Å². The van der Waals surface area contributed by atoms with Crippen LogP contribution in [0.4, 0.5) is 4.39 Å². The number of pyridine rings is 1. The van der Waals surface area contributed by atoms with E-state index < -0.39 is 11.8 Å². The second-order valence-corrected chi connectivity index (χ2v) is 7.29. The van der Waals surface area contributed by atoms with E-state index in [4.69, 9.17) is 0 Å². The fourth-order valence-electron chi connectivity index (χ4n) is 4.08. The second kappa shape index (κ2) is 6.50. The molecule has 0 bridgehead atoms. The molecule has 0 atom stereocenters. The molecule has 1 fully saturated rings. The van der Waals surface area contributed by atoms with Crippen molar-refractivity contribution in [2.24, 2.45) is 5.92 Å². The number of fused-ring (bicyclic) bond motifs is 2. The maximum atomic E-state index is 13.7. The molecule has 4 aromatic heterocycles. The van der Waals surface area contributed by atoms with E-state index in [9.17, 15) is 19.1 Å². The zero-order valence-corrected chi connectivity index (χ0v) is 15.2. The summed E-state index contributed by atoms with van der Waals surface area (Å²) in [7, 11) is 0. The van der Waals surface area contributed by atoms with Crippen LogP contribution in [-0.2, 0) is 4.79 Å². The Hall–Kier alpha value is -3.56. The molecule has 0 unspecified atom stereocenters. The molecule has 4 aromatic rings. The van der Waals surface area contributed by atoms with Crippen LogP contribution in [0.15, 0.2) is 35.5 Å². The lowest BCUT2D eigenvalue weighted by atomic mass is 9.86. The van der Waals surface area contributed by atoms with Crippen LogP contribution < -0.4 is 5.69 Å². The predicted molar refractivity (Wildman–Crippen MR) is 101 cm³/mol. The van der Waals surface area contributed by atoms with Gasteiger partial charge in [-0.3, -0.25) is 13.8 Å². The van der Waals surface area contributed by atoms with Gasteiger partial charge >= 0.3 is 11.7 Å². The summed E-state index contributed by atoms with van der Waals surface area (Å²) in [6, 6.07) is 2.76. The first-order valence-corrected chi connectivity index (χ1v) is 9.34. The molecule has 1 saturated carbocycles. The summed E-state index contributed by atoms with van der Waals surface area (Å²) in [6.07, 6.45) is 6.60. The first-order valence-electron chi connectivity index (χ1n) is 9.34. The van der Waals surface area contributed by atoms with Crippen molar-refractivity contribution in [3.63, 3.8) is 0 Å². The van der Waals surface area contributed by atoms with Crippen molar-refractivity contribution in [3.05, 3.63) is 47.0 Å². The molecule has 9 nitrogen and oxygen atoms in total. The highest BCUT2D eigenvalue weighted by molar-refractivity contribution is 5.73. The van der Waals surface area contributed by atoms with E-state index in [1.807, 2.05) is 0 Å². The molecule has 1 aliphatic rings. The minimum Gasteiger partial charge on any atom is -0.481 e. The highest BCUT2D eigenvalue weighted by Crippen LogP contribution is 2.33. The number of nitrogens with one attached hydrogen (secondary N) is 1. The van der Waals surface area contributed by atoms with Gasteiger partial charge in [-0.25, -0.2) is 24.1 Å². The van der Waals surface area contributed by atoms with E-state index in [0.717, 1.165) is 0 Å². The number of hydrogen-bond acceptors (Lipinski definition) is 5. The number of rotatable bonds is 3. The monoisotopic (exact) mass is 396 g/mol. The van der Waals surface area contributed by atoms with E-state index in [2.05, 4.69) is 19.9 Å². The number of aliphatic carboxylic acids is 1. The molecule has 0 aromatic carbocycles. The first-order chi connectivity index (χ1) is 14.0. The fraction of sp³-hybridized carbons (Fsp3) is 0.316. The number of hydrogen-bond donors (Lipinski definition) is 2. The van der Waals surface area contributed by atoms with Gasteiger partial charge in [0, 0.05) is 12.2 Å². The van der Waals surface area contributed by atoms with Crippen LogP contribution in [0.5, 0.6) is 0 Å². The van der Waals surface area contributed by atoms with Crippen molar-refractivity contribution in [1.82, 2.24) is 28.9 Å². The van der Waals surface area contributed by atoms with Gasteiger partial charge in [-0.2, -0.15) is 0 Å². The lowest BCUT2D eigenvalue weighted by Gasteiger charge is -2.26. The Bertz CT molecular complexity index is 1300. The average molecular weight is 396 g/mol. The highest BCUT2D eigenvalue weighted by atomic mass is 19.1. The largest absolute Gasteiger partial charge is 0.481 e. The number of carboxylic acids is 1. The van der Waals surface area contributed by atoms with Gasteiger partial charge in [0.15, 0.2) is 11.5 Å². The maximum absolute atomic E-state index is 13.7. The lowest BCUT2D eigenvalue weighted by molar-refractivity contribution is -0.143. The van der Waals surface area contributed by atoms with Gasteiger partial charge in [0.2, 0.25) is 0 Å². The summed E-state index contributed by atoms with van der Waals surface area (Å²) >= 11 is 0. The predicted octanol–water partition coefficient (Wildman–Crippen LogP) is 2.39. The van der Waals surface area contributed by atoms with E-state index in [0.29, 0.717) is 54.0 Å². The minimum atomic E-state index is -0.792. The molecule has 2 N–H and O–H groups in total. The molecule has 0 aliphatic heterocycles. The van der Waals surface area contributed by atoms with Crippen LogP contribution in [0.1, 0.15) is 31.7 Å². The summed E-state index contributed by atoms with van der Waals surface area (Å²) in [4.78, 5) is 39.6. The normalized spacial score (nSPS) is 19.8. The number of aromatic nitrogens is 6. The third-order valence-corrected chi connectivity index (χ3v) is 5.57. The van der Waals surface area contributed by atoms with Gasteiger partial charge in [-0.1, -0.05) is 0 Å². The van der Waals surface area contributed by atoms with Crippen molar-refractivity contribution >= 4 is 22.8 Å². The number of carbonyl (C=O) groups is 1. The Morgan fingerprint density at radius 1 is 1.17 bits per heavy atom. The standard InChI is InChI=1S/C19H17FN6O3/c20-11-3-6-15-21-8-14(25(15)9-11)16-22-7-13-17(24-16)26(19(29)23-13)12-4-1-10(2-5-12)18(27)28/h3,6-10,12H,1-2,4-5H2,(H,23,29)(H,27,28)/t10-,12-. The quantitative estimate of drug-likeness (QED) is 0.549. The summed E-state index contributed by atoms with van der Waals surface area (Å²) < 4.78 is 16.8. The molecule has 0 amide bonds. The SMILES string of the molecule is O=c1[nH]c2cnc(-c3cnc4ccc(F)cn34)nc2n1[C@H]1CC[C@H](C(=O)O)CC1. The summed E-state index contributed by atoms with van der Waals surface area (Å²) in [5.41, 5.74) is 1.72. The molecule has 0 radical (unpaired) electrons. The summed E-state index contributed by atoms with van der Waals surface area (Å²) in [5, 5.41) is 9.20. The molecular weight excluding hydrogens is 379 g/mol. The minimum absolute atomic E-state index is 0.130. The Morgan fingerprint density at radius 3 is 2.72 bits per heavy atom. The summed E-state index contributed by atoms with van der Waals surface area (Å²) in [5.74, 6) is -1.25. The molecule has 0 spiro atoms. The Balaban J connectivity index is 1.58. The van der Waals surface area contributed by atoms with Crippen LogP contribution in [-0.4, -0.2) is 40.0 Å². The molecule has 5 rings (SSSR count). The topological polar surface area (TPSA) is 118 Å². The number of carboxylic acid groups (broad SMARTS) is 1. The number of aromatic amines is 1. The van der Waals surface area contributed by atoms with Gasteiger partial charge in [-0.05, 0) is 37.8 Å². The first kappa shape index (κ1) is 17.5. The molecule has 29 heavy (non-hydrogen) atoms. The fourth-order valence-corrected chi connectivity index (χ4v) is 4.08. The van der Waals surface area contributed by atoms with Gasteiger partial charge in [0.05, 0.1) is 18.3 Å². The molecule has 1 aliphatic carbocycles. The van der Waals surface area contributed by atoms with E-state index >= 15 is 0 Å². The molecule has 4 heterocycles. The van der Waals surface area contributed by atoms with Gasteiger partial charge in [0.25, 0.3) is 0 Å². The van der Waals surface area contributed by atoms with Crippen molar-refractivity contribution in [2.75, 3.05) is 0 Å². The van der Waals surface area contributed by atoms with Crippen molar-refractivity contribution < 1.29 is 14.3 Å². The Labute approximate surface area is 162 Å². The molecule has 148 valence electrons. The zero-order chi connectivity index (χ0) is 20.1. The second-order valence-electron chi connectivity index (χ2n) is 7.29. The molecule has 10 heteroatoms.